The molecule has 2 saturated heterocycles. The third-order valence-corrected chi connectivity index (χ3v) is 6.06. The van der Waals surface area contributed by atoms with Gasteiger partial charge in [-0.2, -0.15) is 0 Å². The van der Waals surface area contributed by atoms with Crippen molar-refractivity contribution in [3.63, 3.8) is 0 Å². The van der Waals surface area contributed by atoms with Crippen LogP contribution >= 0.6 is 0 Å². The highest BCUT2D eigenvalue weighted by Crippen LogP contribution is 2.20. The molecule has 0 atom stereocenters. The standard InChI is InChI=1S/C22H29N3O3/c1-2-9-23-10-7-17(8-11-23)24-12-14-25(15-13-24)22(27)21-16-19(26)18-5-3-4-6-20(18)28-21/h3-6,16-17H,2,7-15H2,1H3. The van der Waals surface area contributed by atoms with Crippen molar-refractivity contribution in [2.75, 3.05) is 45.8 Å². The van der Waals surface area contributed by atoms with Crippen LogP contribution in [-0.4, -0.2) is 72.5 Å². The summed E-state index contributed by atoms with van der Waals surface area (Å²) in [5, 5.41) is 0.512. The monoisotopic (exact) mass is 383 g/mol. The number of benzene rings is 1. The molecule has 0 N–H and O–H groups in total. The SMILES string of the molecule is CCCN1CCC(N2CCN(C(=O)c3cc(=O)c4ccccc4o3)CC2)CC1. The van der Waals surface area contributed by atoms with Crippen LogP contribution in [0.3, 0.4) is 0 Å². The van der Waals surface area contributed by atoms with Gasteiger partial charge in [-0.1, -0.05) is 19.1 Å². The summed E-state index contributed by atoms with van der Waals surface area (Å²) in [6.07, 6.45) is 3.65. The fourth-order valence-electron chi connectivity index (χ4n) is 4.48. The highest BCUT2D eigenvalue weighted by Gasteiger charge is 2.29. The summed E-state index contributed by atoms with van der Waals surface area (Å²) < 4.78 is 5.73. The Balaban J connectivity index is 1.36. The van der Waals surface area contributed by atoms with E-state index in [1.165, 1.54) is 45.0 Å². The molecule has 6 nitrogen and oxygen atoms in total. The predicted octanol–water partition coefficient (Wildman–Crippen LogP) is 2.43. The molecule has 4 rings (SSSR count). The molecule has 3 heterocycles. The minimum Gasteiger partial charge on any atom is -0.451 e. The lowest BCUT2D eigenvalue weighted by Crippen LogP contribution is -2.54. The lowest BCUT2D eigenvalue weighted by molar-refractivity contribution is 0.0432. The van der Waals surface area contributed by atoms with Gasteiger partial charge in [0.25, 0.3) is 5.91 Å². The molecule has 6 heteroatoms. The Hall–Kier alpha value is -2.18. The molecule has 0 saturated carbocycles. The van der Waals surface area contributed by atoms with Crippen molar-refractivity contribution in [2.45, 2.75) is 32.2 Å². The Kier molecular flexibility index (Phi) is 5.78. The zero-order valence-corrected chi connectivity index (χ0v) is 16.6. The van der Waals surface area contributed by atoms with E-state index in [1.54, 1.807) is 18.2 Å². The zero-order chi connectivity index (χ0) is 19.5. The van der Waals surface area contributed by atoms with Crippen LogP contribution in [0.2, 0.25) is 0 Å². The van der Waals surface area contributed by atoms with Gasteiger partial charge in [0, 0.05) is 38.3 Å². The summed E-state index contributed by atoms with van der Waals surface area (Å²) in [4.78, 5) is 32.0. The van der Waals surface area contributed by atoms with E-state index in [4.69, 9.17) is 4.42 Å². The number of rotatable bonds is 4. The predicted molar refractivity (Wildman–Crippen MR) is 110 cm³/mol. The topological polar surface area (TPSA) is 57.0 Å². The molecule has 0 radical (unpaired) electrons. The number of amides is 1. The first-order chi connectivity index (χ1) is 13.7. The number of fused-ring (bicyclic) bond motifs is 1. The van der Waals surface area contributed by atoms with E-state index in [9.17, 15) is 9.59 Å². The molecule has 28 heavy (non-hydrogen) atoms. The van der Waals surface area contributed by atoms with Gasteiger partial charge in [0.2, 0.25) is 0 Å². The summed E-state index contributed by atoms with van der Waals surface area (Å²) in [7, 11) is 0. The number of piperazine rings is 1. The lowest BCUT2D eigenvalue weighted by Gasteiger charge is -2.42. The van der Waals surface area contributed by atoms with Gasteiger partial charge in [-0.05, 0) is 51.0 Å². The van der Waals surface area contributed by atoms with Gasteiger partial charge in [0.15, 0.2) is 11.2 Å². The Morgan fingerprint density at radius 3 is 2.50 bits per heavy atom. The average Bonchev–Trinajstić information content (AvgIpc) is 2.74. The molecule has 150 valence electrons. The number of piperidine rings is 1. The van der Waals surface area contributed by atoms with Crippen molar-refractivity contribution >= 4 is 16.9 Å². The molecule has 2 aliphatic rings. The molecule has 2 fully saturated rings. The van der Waals surface area contributed by atoms with Gasteiger partial charge in [-0.25, -0.2) is 0 Å². The second-order valence-electron chi connectivity index (χ2n) is 7.87. The number of likely N-dealkylation sites (tertiary alicyclic amines) is 1. The summed E-state index contributed by atoms with van der Waals surface area (Å²) in [5.74, 6) is -0.0368. The Morgan fingerprint density at radius 2 is 1.79 bits per heavy atom. The molecule has 0 bridgehead atoms. The first-order valence-corrected chi connectivity index (χ1v) is 10.4. The minimum atomic E-state index is -0.180. The first kappa shape index (κ1) is 19.2. The molecule has 0 spiro atoms. The van der Waals surface area contributed by atoms with Crippen molar-refractivity contribution in [2.24, 2.45) is 0 Å². The average molecular weight is 383 g/mol. The van der Waals surface area contributed by atoms with Crippen molar-refractivity contribution in [1.82, 2.24) is 14.7 Å². The highest BCUT2D eigenvalue weighted by molar-refractivity contribution is 5.93. The number of nitrogens with zero attached hydrogens (tertiary/aromatic N) is 3. The van der Waals surface area contributed by atoms with E-state index in [-0.39, 0.29) is 17.1 Å². The molecule has 0 aliphatic carbocycles. The normalized spacial score (nSPS) is 20.0. The third kappa shape index (κ3) is 3.98. The zero-order valence-electron chi connectivity index (χ0n) is 16.6. The third-order valence-electron chi connectivity index (χ3n) is 6.06. The van der Waals surface area contributed by atoms with Crippen molar-refractivity contribution in [3.8, 4) is 0 Å². The summed E-state index contributed by atoms with van der Waals surface area (Å²) in [6.45, 7) is 8.95. The van der Waals surface area contributed by atoms with Crippen LogP contribution < -0.4 is 5.43 Å². The van der Waals surface area contributed by atoms with Crippen molar-refractivity contribution < 1.29 is 9.21 Å². The maximum absolute atomic E-state index is 12.9. The van der Waals surface area contributed by atoms with Gasteiger partial charge >= 0.3 is 0 Å². The van der Waals surface area contributed by atoms with E-state index in [0.717, 1.165) is 13.1 Å². The molecule has 2 aliphatic heterocycles. The van der Waals surface area contributed by atoms with Gasteiger partial charge in [0.1, 0.15) is 5.58 Å². The summed E-state index contributed by atoms with van der Waals surface area (Å²) in [5.41, 5.74) is 0.304. The highest BCUT2D eigenvalue weighted by atomic mass is 16.3. The van der Waals surface area contributed by atoms with Crippen LogP contribution in [0.25, 0.3) is 11.0 Å². The second kappa shape index (κ2) is 8.45. The number of hydrogen-bond donors (Lipinski definition) is 0. The van der Waals surface area contributed by atoms with Crippen LogP contribution in [0.1, 0.15) is 36.7 Å². The van der Waals surface area contributed by atoms with Gasteiger partial charge in [-0.15, -0.1) is 0 Å². The van der Waals surface area contributed by atoms with Gasteiger partial charge in [-0.3, -0.25) is 14.5 Å². The van der Waals surface area contributed by atoms with E-state index in [2.05, 4.69) is 16.7 Å². The molecule has 1 amide bonds. The molecular weight excluding hydrogens is 354 g/mol. The van der Waals surface area contributed by atoms with Crippen LogP contribution in [0, 0.1) is 0 Å². The molecule has 0 unspecified atom stereocenters. The van der Waals surface area contributed by atoms with Gasteiger partial charge < -0.3 is 14.2 Å². The number of carbonyl (C=O) groups excluding carboxylic acids is 1. The van der Waals surface area contributed by atoms with E-state index >= 15 is 0 Å². The van der Waals surface area contributed by atoms with E-state index in [0.29, 0.717) is 30.1 Å². The maximum atomic E-state index is 12.9. The van der Waals surface area contributed by atoms with Gasteiger partial charge in [0.05, 0.1) is 5.39 Å². The van der Waals surface area contributed by atoms with Crippen LogP contribution in [0.5, 0.6) is 0 Å². The smallest absolute Gasteiger partial charge is 0.289 e. The fourth-order valence-corrected chi connectivity index (χ4v) is 4.48. The molecule has 2 aromatic rings. The molecular formula is C22H29N3O3. The quantitative estimate of drug-likeness (QED) is 0.812. The fraction of sp³-hybridized carbons (Fsp3) is 0.545. The Bertz CT molecular complexity index is 878. The van der Waals surface area contributed by atoms with Crippen LogP contribution in [0.15, 0.2) is 39.5 Å². The Morgan fingerprint density at radius 1 is 1.07 bits per heavy atom. The van der Waals surface area contributed by atoms with Crippen LogP contribution in [-0.2, 0) is 0 Å². The van der Waals surface area contributed by atoms with E-state index < -0.39 is 0 Å². The number of para-hydroxylation sites is 1. The summed E-state index contributed by atoms with van der Waals surface area (Å²) >= 11 is 0. The number of hydrogen-bond acceptors (Lipinski definition) is 5. The van der Waals surface area contributed by atoms with Crippen molar-refractivity contribution in [1.29, 1.82) is 0 Å². The second-order valence-corrected chi connectivity index (χ2v) is 7.87. The summed E-state index contributed by atoms with van der Waals surface area (Å²) in [6, 6.07) is 9.03. The first-order valence-electron chi connectivity index (χ1n) is 10.4. The molecule has 1 aromatic heterocycles. The maximum Gasteiger partial charge on any atom is 0.289 e. The lowest BCUT2D eigenvalue weighted by atomic mass is 10.0. The largest absolute Gasteiger partial charge is 0.451 e. The van der Waals surface area contributed by atoms with E-state index in [1.807, 2.05) is 11.0 Å². The number of carbonyl (C=O) groups is 1. The van der Waals surface area contributed by atoms with Crippen molar-refractivity contribution in [3.05, 3.63) is 46.3 Å². The molecule has 1 aromatic carbocycles. The van der Waals surface area contributed by atoms with Crippen LogP contribution in [0.4, 0.5) is 0 Å². The Labute approximate surface area is 165 Å². The minimum absolute atomic E-state index is 0.144.